The van der Waals surface area contributed by atoms with Gasteiger partial charge in [-0.15, -0.1) is 0 Å². The fourth-order valence-corrected chi connectivity index (χ4v) is 2.25. The largest absolute Gasteiger partial charge is 0.308 e. The minimum atomic E-state index is 0.672. The summed E-state index contributed by atoms with van der Waals surface area (Å²) in [6.45, 7) is 3.17. The predicted molar refractivity (Wildman–Crippen MR) is 69.4 cm³/mol. The van der Waals surface area contributed by atoms with Crippen LogP contribution in [0.3, 0.4) is 0 Å². The van der Waals surface area contributed by atoms with Crippen LogP contribution in [0.4, 0.5) is 5.82 Å². The quantitative estimate of drug-likeness (QED) is 0.588. The van der Waals surface area contributed by atoms with Crippen molar-refractivity contribution in [2.45, 2.75) is 19.0 Å². The zero-order valence-corrected chi connectivity index (χ0v) is 10.6. The fourth-order valence-electron chi connectivity index (χ4n) is 2.25. The van der Waals surface area contributed by atoms with Gasteiger partial charge in [0.15, 0.2) is 0 Å². The maximum atomic E-state index is 5.36. The van der Waals surface area contributed by atoms with Gasteiger partial charge in [-0.3, -0.25) is 4.90 Å². The molecule has 1 aliphatic rings. The molecule has 1 unspecified atom stereocenters. The number of anilines is 1. The second-order valence-corrected chi connectivity index (χ2v) is 4.80. The Morgan fingerprint density at radius 2 is 2.35 bits per heavy atom. The molecule has 1 aromatic heterocycles. The molecule has 5 heteroatoms. The molecule has 1 aromatic rings. The van der Waals surface area contributed by atoms with Crippen molar-refractivity contribution in [3.05, 3.63) is 23.9 Å². The lowest BCUT2D eigenvalue weighted by molar-refractivity contribution is 0.263. The zero-order valence-electron chi connectivity index (χ0n) is 10.6. The molecule has 0 amide bonds. The third kappa shape index (κ3) is 3.15. The summed E-state index contributed by atoms with van der Waals surface area (Å²) in [5.41, 5.74) is 3.65. The number of hydrogen-bond acceptors (Lipinski definition) is 5. The lowest BCUT2D eigenvalue weighted by Crippen LogP contribution is -2.31. The molecular formula is C12H21N5. The van der Waals surface area contributed by atoms with Gasteiger partial charge in [0, 0.05) is 25.7 Å². The Hall–Kier alpha value is -1.17. The van der Waals surface area contributed by atoms with Gasteiger partial charge in [0.1, 0.15) is 5.82 Å². The molecule has 0 radical (unpaired) electrons. The van der Waals surface area contributed by atoms with Crippen LogP contribution in [0.5, 0.6) is 0 Å². The summed E-state index contributed by atoms with van der Waals surface area (Å²) in [6.07, 6.45) is 1.24. The second kappa shape index (κ2) is 5.44. The van der Waals surface area contributed by atoms with Gasteiger partial charge in [0.05, 0.1) is 5.69 Å². The van der Waals surface area contributed by atoms with Crippen molar-refractivity contribution in [1.82, 2.24) is 14.8 Å². The minimum Gasteiger partial charge on any atom is -0.308 e. The van der Waals surface area contributed by atoms with Gasteiger partial charge >= 0.3 is 0 Å². The number of nitrogen functional groups attached to an aromatic ring is 1. The van der Waals surface area contributed by atoms with Crippen molar-refractivity contribution in [2.24, 2.45) is 5.84 Å². The van der Waals surface area contributed by atoms with Crippen molar-refractivity contribution >= 4 is 5.82 Å². The first-order chi connectivity index (χ1) is 8.19. The Balaban J connectivity index is 1.93. The van der Waals surface area contributed by atoms with Crippen LogP contribution in [0.15, 0.2) is 18.2 Å². The molecule has 1 fully saturated rings. The van der Waals surface area contributed by atoms with Crippen molar-refractivity contribution in [3.63, 3.8) is 0 Å². The van der Waals surface area contributed by atoms with E-state index in [1.807, 2.05) is 18.2 Å². The van der Waals surface area contributed by atoms with E-state index in [1.54, 1.807) is 0 Å². The first kappa shape index (κ1) is 12.3. The molecule has 2 heterocycles. The molecule has 1 atom stereocenters. The molecule has 5 nitrogen and oxygen atoms in total. The Labute approximate surface area is 103 Å². The van der Waals surface area contributed by atoms with Gasteiger partial charge in [-0.25, -0.2) is 10.8 Å². The lowest BCUT2D eigenvalue weighted by Gasteiger charge is -2.20. The van der Waals surface area contributed by atoms with E-state index in [0.717, 1.165) is 31.1 Å². The SMILES string of the molecule is CN(C)C1CCN(Cc2cccc(NN)n2)C1. The van der Waals surface area contributed by atoms with Crippen molar-refractivity contribution in [1.29, 1.82) is 0 Å². The van der Waals surface area contributed by atoms with Crippen molar-refractivity contribution in [3.8, 4) is 0 Å². The second-order valence-electron chi connectivity index (χ2n) is 4.80. The van der Waals surface area contributed by atoms with Crippen LogP contribution >= 0.6 is 0 Å². The highest BCUT2D eigenvalue weighted by atomic mass is 15.3. The lowest BCUT2D eigenvalue weighted by atomic mass is 10.2. The number of aromatic nitrogens is 1. The number of hydrazine groups is 1. The maximum absolute atomic E-state index is 5.36. The summed E-state index contributed by atoms with van der Waals surface area (Å²) in [4.78, 5) is 9.17. The molecule has 0 spiro atoms. The number of nitrogens with one attached hydrogen (secondary N) is 1. The van der Waals surface area contributed by atoms with E-state index in [1.165, 1.54) is 6.42 Å². The standard InChI is InChI=1S/C12H21N5/c1-16(2)11-6-7-17(9-11)8-10-4-3-5-12(14-10)15-13/h3-5,11H,6-9,13H2,1-2H3,(H,14,15). The molecule has 94 valence electrons. The van der Waals surface area contributed by atoms with Gasteiger partial charge in [-0.1, -0.05) is 6.07 Å². The number of pyridine rings is 1. The van der Waals surface area contributed by atoms with Gasteiger partial charge in [-0.05, 0) is 32.6 Å². The molecule has 0 bridgehead atoms. The number of hydrogen-bond donors (Lipinski definition) is 2. The summed E-state index contributed by atoms with van der Waals surface area (Å²) in [5, 5.41) is 0. The highest BCUT2D eigenvalue weighted by Crippen LogP contribution is 2.16. The van der Waals surface area contributed by atoms with Crippen LogP contribution in [0.2, 0.25) is 0 Å². The zero-order chi connectivity index (χ0) is 12.3. The third-order valence-corrected chi connectivity index (χ3v) is 3.32. The summed E-state index contributed by atoms with van der Waals surface area (Å²) in [6, 6.07) is 6.57. The number of nitrogens with zero attached hydrogens (tertiary/aromatic N) is 3. The smallest absolute Gasteiger partial charge is 0.140 e. The van der Waals surface area contributed by atoms with Gasteiger partial charge in [-0.2, -0.15) is 0 Å². The van der Waals surface area contributed by atoms with E-state index in [4.69, 9.17) is 5.84 Å². The topological polar surface area (TPSA) is 57.4 Å². The highest BCUT2D eigenvalue weighted by Gasteiger charge is 2.23. The molecular weight excluding hydrogens is 214 g/mol. The molecule has 1 aliphatic heterocycles. The first-order valence-corrected chi connectivity index (χ1v) is 6.00. The number of likely N-dealkylation sites (N-methyl/N-ethyl adjacent to an activating group) is 1. The minimum absolute atomic E-state index is 0.672. The normalized spacial score (nSPS) is 21.1. The molecule has 2 rings (SSSR count). The average Bonchev–Trinajstić information content (AvgIpc) is 2.78. The first-order valence-electron chi connectivity index (χ1n) is 6.00. The van der Waals surface area contributed by atoms with Crippen LogP contribution in [0.1, 0.15) is 12.1 Å². The molecule has 0 aliphatic carbocycles. The van der Waals surface area contributed by atoms with Crippen LogP contribution in [-0.2, 0) is 6.54 Å². The Morgan fingerprint density at radius 1 is 1.53 bits per heavy atom. The average molecular weight is 235 g/mol. The molecule has 3 N–H and O–H groups in total. The van der Waals surface area contributed by atoms with E-state index < -0.39 is 0 Å². The van der Waals surface area contributed by atoms with E-state index in [0.29, 0.717) is 6.04 Å². The van der Waals surface area contributed by atoms with Crippen molar-refractivity contribution < 1.29 is 0 Å². The molecule has 0 aromatic carbocycles. The Bertz CT molecular complexity index is 366. The van der Waals surface area contributed by atoms with Gasteiger partial charge in [0.2, 0.25) is 0 Å². The number of nitrogens with two attached hydrogens (primary N) is 1. The third-order valence-electron chi connectivity index (χ3n) is 3.32. The summed E-state index contributed by atoms with van der Waals surface area (Å²) >= 11 is 0. The van der Waals surface area contributed by atoms with E-state index in [2.05, 4.69) is 34.3 Å². The highest BCUT2D eigenvalue weighted by molar-refractivity contribution is 5.33. The van der Waals surface area contributed by atoms with Crippen LogP contribution in [0.25, 0.3) is 0 Å². The van der Waals surface area contributed by atoms with E-state index in [9.17, 15) is 0 Å². The summed E-state index contributed by atoms with van der Waals surface area (Å²) in [7, 11) is 4.29. The van der Waals surface area contributed by atoms with Gasteiger partial charge in [0.25, 0.3) is 0 Å². The number of likely N-dealkylation sites (tertiary alicyclic amines) is 1. The van der Waals surface area contributed by atoms with E-state index >= 15 is 0 Å². The molecule has 1 saturated heterocycles. The molecule has 17 heavy (non-hydrogen) atoms. The maximum Gasteiger partial charge on any atom is 0.140 e. The fraction of sp³-hybridized carbons (Fsp3) is 0.583. The predicted octanol–water partition coefficient (Wildman–Crippen LogP) is 0.503. The molecule has 0 saturated carbocycles. The van der Waals surface area contributed by atoms with Gasteiger partial charge < -0.3 is 10.3 Å². The van der Waals surface area contributed by atoms with Crippen molar-refractivity contribution in [2.75, 3.05) is 32.6 Å². The van der Waals surface area contributed by atoms with Crippen LogP contribution in [0, 0.1) is 0 Å². The number of rotatable bonds is 4. The summed E-state index contributed by atoms with van der Waals surface area (Å²) < 4.78 is 0. The Morgan fingerprint density at radius 3 is 3.00 bits per heavy atom. The van der Waals surface area contributed by atoms with E-state index in [-0.39, 0.29) is 0 Å². The summed E-state index contributed by atoms with van der Waals surface area (Å²) in [5.74, 6) is 6.08. The Kier molecular flexibility index (Phi) is 3.93. The van der Waals surface area contributed by atoms with Crippen LogP contribution in [-0.4, -0.2) is 48.0 Å². The van der Waals surface area contributed by atoms with Crippen LogP contribution < -0.4 is 11.3 Å². The monoisotopic (exact) mass is 235 g/mol.